The van der Waals surface area contributed by atoms with E-state index in [0.29, 0.717) is 5.75 Å². The van der Waals surface area contributed by atoms with Crippen LogP contribution in [0.5, 0.6) is 5.75 Å². The van der Waals surface area contributed by atoms with Gasteiger partial charge in [-0.3, -0.25) is 0 Å². The molecule has 5 heteroatoms. The summed E-state index contributed by atoms with van der Waals surface area (Å²) < 4.78 is 3.28. The summed E-state index contributed by atoms with van der Waals surface area (Å²) in [5.74, 6) is 0.294. The van der Waals surface area contributed by atoms with E-state index in [1.165, 1.54) is 11.7 Å². The van der Waals surface area contributed by atoms with Crippen molar-refractivity contribution in [1.29, 1.82) is 0 Å². The summed E-state index contributed by atoms with van der Waals surface area (Å²) >= 11 is 7.45. The van der Waals surface area contributed by atoms with Crippen LogP contribution in [0.3, 0.4) is 0 Å². The molecule has 1 N–H and O–H groups in total. The Morgan fingerprint density at radius 1 is 1.12 bits per heavy atom. The normalized spacial score (nSPS) is 12.4. The number of aromatic hydroxyl groups is 1. The maximum absolute atomic E-state index is 10.5. The van der Waals surface area contributed by atoms with Crippen molar-refractivity contribution < 1.29 is 26.7 Å². The standard InChI is InChI=1S/C21H27Br2NO.Cu/c1-6-15(7-2)24-17(16-13-14(22)11-12-19(16)25)9-8-10-18(24)20(23)21(3,4)5;/h8-13,20,25H,6-7H2,1-5H3;/q;+1. The van der Waals surface area contributed by atoms with Crippen LogP contribution in [0.25, 0.3) is 11.3 Å². The molecule has 0 bridgehead atoms. The summed E-state index contributed by atoms with van der Waals surface area (Å²) in [7, 11) is 0. The molecule has 0 saturated carbocycles. The number of aromatic nitrogens is 1. The summed E-state index contributed by atoms with van der Waals surface area (Å²) in [4.78, 5) is 0.197. The van der Waals surface area contributed by atoms with Gasteiger partial charge in [-0.2, -0.15) is 0 Å². The molecule has 0 amide bonds. The van der Waals surface area contributed by atoms with E-state index < -0.39 is 0 Å². The minimum absolute atomic E-state index is 0. The number of hydrogen-bond acceptors (Lipinski definition) is 1. The zero-order valence-electron chi connectivity index (χ0n) is 15.9. The van der Waals surface area contributed by atoms with Crippen molar-refractivity contribution in [2.75, 3.05) is 0 Å². The van der Waals surface area contributed by atoms with E-state index >= 15 is 0 Å². The van der Waals surface area contributed by atoms with E-state index in [0.717, 1.165) is 28.6 Å². The Morgan fingerprint density at radius 3 is 2.27 bits per heavy atom. The van der Waals surface area contributed by atoms with Gasteiger partial charge in [0.05, 0.1) is 16.6 Å². The van der Waals surface area contributed by atoms with Crippen molar-refractivity contribution in [1.82, 2.24) is 0 Å². The third-order valence-corrected chi connectivity index (χ3v) is 6.74. The molecular weight excluding hydrogens is 506 g/mol. The van der Waals surface area contributed by atoms with Crippen LogP contribution in [-0.4, -0.2) is 5.11 Å². The largest absolute Gasteiger partial charge is 1.00 e. The summed E-state index contributed by atoms with van der Waals surface area (Å²) in [5.41, 5.74) is 3.14. The second kappa shape index (κ2) is 9.64. The Balaban J connectivity index is 0.00000338. The molecule has 0 radical (unpaired) electrons. The quantitative estimate of drug-likeness (QED) is 0.195. The monoisotopic (exact) mass is 530 g/mol. The van der Waals surface area contributed by atoms with Crippen molar-refractivity contribution in [2.24, 2.45) is 5.41 Å². The van der Waals surface area contributed by atoms with Crippen LogP contribution in [0, 0.1) is 11.5 Å². The number of phenols is 1. The molecule has 1 unspecified atom stereocenters. The number of nitrogens with zero attached hydrogens (tertiary/aromatic N) is 1. The van der Waals surface area contributed by atoms with Gasteiger partial charge in [0.25, 0.3) is 0 Å². The predicted octanol–water partition coefficient (Wildman–Crippen LogP) is 6.79. The van der Waals surface area contributed by atoms with Crippen molar-refractivity contribution in [2.45, 2.75) is 52.3 Å². The molecule has 1 heterocycles. The van der Waals surface area contributed by atoms with Crippen LogP contribution in [0.15, 0.2) is 40.9 Å². The number of hydrogen-bond donors (Lipinski definition) is 1. The van der Waals surface area contributed by atoms with Gasteiger partial charge in [0.1, 0.15) is 11.4 Å². The smallest absolute Gasteiger partial charge is 0.508 e. The van der Waals surface area contributed by atoms with Gasteiger partial charge in [0, 0.05) is 10.0 Å². The van der Waals surface area contributed by atoms with Gasteiger partial charge >= 0.3 is 17.1 Å². The Bertz CT molecular complexity index is 739. The molecule has 0 aliphatic rings. The Hall–Kier alpha value is -0.481. The number of alkyl halides is 1. The minimum Gasteiger partial charge on any atom is -0.508 e. The van der Waals surface area contributed by atoms with Crippen LogP contribution in [0.2, 0.25) is 0 Å². The summed E-state index contributed by atoms with van der Waals surface area (Å²) in [5, 5.41) is 10.5. The average molecular weight is 533 g/mol. The molecule has 26 heavy (non-hydrogen) atoms. The molecule has 2 nitrogen and oxygen atoms in total. The molecular formula is C21H27Br2CuNO+. The summed E-state index contributed by atoms with van der Waals surface area (Å²) in [6.45, 7) is 11.1. The molecule has 0 spiro atoms. The Labute approximate surface area is 185 Å². The van der Waals surface area contributed by atoms with Gasteiger partial charge in [0.15, 0.2) is 0 Å². The van der Waals surface area contributed by atoms with E-state index in [-0.39, 0.29) is 27.3 Å². The number of pyridine rings is 1. The molecule has 0 fully saturated rings. The van der Waals surface area contributed by atoms with Gasteiger partial charge in [-0.1, -0.05) is 78.6 Å². The summed E-state index contributed by atoms with van der Waals surface area (Å²) in [6, 6.07) is 13.2. The van der Waals surface area contributed by atoms with Crippen LogP contribution in [0.1, 0.15) is 58.0 Å². The second-order valence-corrected chi connectivity index (χ2v) is 9.17. The third-order valence-electron chi connectivity index (χ3n) is 4.41. The van der Waals surface area contributed by atoms with Crippen molar-refractivity contribution in [3.8, 4) is 17.0 Å². The van der Waals surface area contributed by atoms with Gasteiger partial charge in [-0.25, -0.2) is 0 Å². The van der Waals surface area contributed by atoms with Crippen LogP contribution in [0.4, 0.5) is 0 Å². The minimum atomic E-state index is 0. The molecule has 1 aromatic heterocycles. The first kappa shape index (κ1) is 23.6. The van der Waals surface area contributed by atoms with E-state index in [9.17, 15) is 5.11 Å². The number of halogens is 2. The zero-order valence-corrected chi connectivity index (χ0v) is 20.0. The fourth-order valence-corrected chi connectivity index (χ4v) is 3.73. The molecule has 1 aromatic carbocycles. The molecule has 0 aliphatic carbocycles. The van der Waals surface area contributed by atoms with Crippen molar-refractivity contribution >= 4 is 31.9 Å². The van der Waals surface area contributed by atoms with Crippen molar-refractivity contribution in [3.63, 3.8) is 0 Å². The predicted molar refractivity (Wildman–Crippen MR) is 112 cm³/mol. The van der Waals surface area contributed by atoms with Crippen molar-refractivity contribution in [3.05, 3.63) is 52.6 Å². The van der Waals surface area contributed by atoms with Gasteiger partial charge < -0.3 is 9.67 Å². The summed E-state index contributed by atoms with van der Waals surface area (Å²) in [6.07, 6.45) is 1.92. The Kier molecular flexibility index (Phi) is 8.73. The second-order valence-electron chi connectivity index (χ2n) is 7.33. The molecule has 1 atom stereocenters. The first-order chi connectivity index (χ1) is 11.7. The molecule has 2 aromatic rings. The van der Waals surface area contributed by atoms with E-state index in [2.05, 4.69) is 89.2 Å². The maximum Gasteiger partial charge on any atom is 1.00 e. The number of phenolic OH excluding ortho intramolecular Hbond substituents is 1. The maximum atomic E-state index is 10.5. The van der Waals surface area contributed by atoms with Gasteiger partial charge in [0.2, 0.25) is 0 Å². The number of benzene rings is 1. The van der Waals surface area contributed by atoms with Gasteiger partial charge in [-0.05, 0) is 42.5 Å². The SMILES string of the molecule is CC[C-](CC)[n+]1c(-c2cc(Br)ccc2O)cccc1C(Br)C(C)(C)C.[Cu+]. The molecule has 2 rings (SSSR count). The molecule has 0 aliphatic heterocycles. The fourth-order valence-electron chi connectivity index (χ4n) is 3.01. The van der Waals surface area contributed by atoms with Gasteiger partial charge in [-0.15, -0.1) is 0 Å². The van der Waals surface area contributed by atoms with Crippen LogP contribution in [-0.2, 0) is 17.1 Å². The van der Waals surface area contributed by atoms with E-state index in [4.69, 9.17) is 0 Å². The van der Waals surface area contributed by atoms with Crippen LogP contribution < -0.4 is 4.57 Å². The first-order valence-electron chi connectivity index (χ1n) is 8.73. The topological polar surface area (TPSA) is 24.1 Å². The van der Waals surface area contributed by atoms with E-state index in [1.807, 2.05) is 12.1 Å². The molecule has 146 valence electrons. The van der Waals surface area contributed by atoms with Crippen LogP contribution >= 0.6 is 31.9 Å². The Morgan fingerprint density at radius 2 is 1.73 bits per heavy atom. The fraction of sp³-hybridized carbons (Fsp3) is 0.429. The molecule has 0 saturated heterocycles. The van der Waals surface area contributed by atoms with E-state index in [1.54, 1.807) is 6.07 Å². The third kappa shape index (κ3) is 5.07. The number of rotatable bonds is 5. The average Bonchev–Trinajstić information content (AvgIpc) is 2.57. The first-order valence-corrected chi connectivity index (χ1v) is 10.4. The zero-order chi connectivity index (χ0) is 18.8.